The molecule has 0 saturated heterocycles. The van der Waals surface area contributed by atoms with Crippen LogP contribution in [0.4, 0.5) is 0 Å². The molecule has 2 rings (SSSR count). The van der Waals surface area contributed by atoms with Gasteiger partial charge in [0.15, 0.2) is 5.78 Å². The Bertz CT molecular complexity index is 750. The summed E-state index contributed by atoms with van der Waals surface area (Å²) >= 11 is 0. The molecule has 7 heteroatoms. The Morgan fingerprint density at radius 2 is 2.14 bits per heavy atom. The number of benzene rings is 1. The second kappa shape index (κ2) is 6.19. The van der Waals surface area contributed by atoms with Gasteiger partial charge in [-0.15, -0.1) is 0 Å². The number of Topliss-reactive ketones (excluding diaryl/α,β-unsaturated/α-hetero) is 1. The van der Waals surface area contributed by atoms with Crippen molar-refractivity contribution >= 4 is 15.8 Å². The Balaban J connectivity index is 2.06. The van der Waals surface area contributed by atoms with E-state index in [-0.39, 0.29) is 17.2 Å². The molecule has 0 unspecified atom stereocenters. The fourth-order valence-corrected chi connectivity index (χ4v) is 2.98. The number of carbonyl (C=O) groups is 1. The van der Waals surface area contributed by atoms with Gasteiger partial charge in [0.2, 0.25) is 10.0 Å². The zero-order valence-electron chi connectivity index (χ0n) is 11.9. The fraction of sp³-hybridized carbons (Fsp3) is 0.286. The van der Waals surface area contributed by atoms with Crippen LogP contribution in [0.15, 0.2) is 41.6 Å². The van der Waals surface area contributed by atoms with Gasteiger partial charge in [0.05, 0.1) is 4.90 Å². The molecule has 0 spiro atoms. The number of hydrogen-bond acceptors (Lipinski definition) is 4. The van der Waals surface area contributed by atoms with Crippen LogP contribution in [0.3, 0.4) is 0 Å². The van der Waals surface area contributed by atoms with Crippen LogP contribution in [0.1, 0.15) is 23.1 Å². The van der Waals surface area contributed by atoms with E-state index < -0.39 is 10.0 Å². The van der Waals surface area contributed by atoms with E-state index in [1.807, 2.05) is 11.6 Å². The average molecular weight is 307 g/mol. The molecule has 112 valence electrons. The third-order valence-electron chi connectivity index (χ3n) is 3.11. The van der Waals surface area contributed by atoms with Crippen LogP contribution in [0.2, 0.25) is 0 Å². The minimum atomic E-state index is -3.62. The molecule has 0 aliphatic rings. The van der Waals surface area contributed by atoms with Gasteiger partial charge in [-0.3, -0.25) is 4.79 Å². The highest BCUT2D eigenvalue weighted by Gasteiger charge is 2.15. The third kappa shape index (κ3) is 3.77. The molecule has 0 aliphatic carbocycles. The van der Waals surface area contributed by atoms with Gasteiger partial charge in [0.1, 0.15) is 5.82 Å². The van der Waals surface area contributed by atoms with Gasteiger partial charge in [0.25, 0.3) is 0 Å². The summed E-state index contributed by atoms with van der Waals surface area (Å²) in [5.74, 6) is 0.634. The van der Waals surface area contributed by atoms with E-state index in [2.05, 4.69) is 9.71 Å². The highest BCUT2D eigenvalue weighted by molar-refractivity contribution is 7.89. The number of aryl methyl sites for hydroxylation is 1. The SMILES string of the molecule is CC(=O)c1cccc(S(=O)(=O)NCCc2nccn2C)c1. The van der Waals surface area contributed by atoms with Gasteiger partial charge in [0, 0.05) is 38.0 Å². The molecule has 0 aliphatic heterocycles. The summed E-state index contributed by atoms with van der Waals surface area (Å²) in [6.07, 6.45) is 3.97. The first kappa shape index (κ1) is 15.4. The van der Waals surface area contributed by atoms with E-state index in [0.717, 1.165) is 5.82 Å². The number of carbonyl (C=O) groups excluding carboxylic acids is 1. The summed E-state index contributed by atoms with van der Waals surface area (Å²) in [5, 5.41) is 0. The first-order chi connectivity index (χ1) is 9.90. The number of nitrogens with zero attached hydrogens (tertiary/aromatic N) is 2. The number of nitrogens with one attached hydrogen (secondary N) is 1. The second-order valence-corrected chi connectivity index (χ2v) is 6.45. The normalized spacial score (nSPS) is 11.5. The molecular formula is C14H17N3O3S. The van der Waals surface area contributed by atoms with E-state index in [1.165, 1.54) is 19.1 Å². The number of aromatic nitrogens is 2. The van der Waals surface area contributed by atoms with Crippen LogP contribution in [-0.2, 0) is 23.5 Å². The zero-order chi connectivity index (χ0) is 15.5. The molecular weight excluding hydrogens is 290 g/mol. The smallest absolute Gasteiger partial charge is 0.240 e. The quantitative estimate of drug-likeness (QED) is 0.812. The van der Waals surface area contributed by atoms with Crippen molar-refractivity contribution < 1.29 is 13.2 Å². The predicted molar refractivity (Wildman–Crippen MR) is 78.5 cm³/mol. The largest absolute Gasteiger partial charge is 0.338 e. The number of rotatable bonds is 6. The lowest BCUT2D eigenvalue weighted by molar-refractivity contribution is 0.101. The van der Waals surface area contributed by atoms with Crippen LogP contribution in [0.5, 0.6) is 0 Å². The maximum atomic E-state index is 12.2. The van der Waals surface area contributed by atoms with Gasteiger partial charge >= 0.3 is 0 Å². The summed E-state index contributed by atoms with van der Waals surface area (Å²) in [4.78, 5) is 15.5. The molecule has 0 atom stereocenters. The minimum Gasteiger partial charge on any atom is -0.338 e. The van der Waals surface area contributed by atoms with Gasteiger partial charge in [-0.2, -0.15) is 0 Å². The van der Waals surface area contributed by atoms with Crippen molar-refractivity contribution in [1.29, 1.82) is 0 Å². The molecule has 0 saturated carbocycles. The van der Waals surface area contributed by atoms with Crippen LogP contribution in [0.25, 0.3) is 0 Å². The number of ketones is 1. The van der Waals surface area contributed by atoms with E-state index in [4.69, 9.17) is 0 Å². The number of imidazole rings is 1. The van der Waals surface area contributed by atoms with Crippen molar-refractivity contribution in [3.63, 3.8) is 0 Å². The van der Waals surface area contributed by atoms with E-state index >= 15 is 0 Å². The van der Waals surface area contributed by atoms with Crippen LogP contribution in [-0.4, -0.2) is 30.3 Å². The van der Waals surface area contributed by atoms with Crippen molar-refractivity contribution in [2.45, 2.75) is 18.2 Å². The topological polar surface area (TPSA) is 81.1 Å². The summed E-state index contributed by atoms with van der Waals surface area (Å²) < 4.78 is 28.7. The summed E-state index contributed by atoms with van der Waals surface area (Å²) in [6, 6.07) is 6.00. The maximum absolute atomic E-state index is 12.2. The first-order valence-electron chi connectivity index (χ1n) is 6.47. The highest BCUT2D eigenvalue weighted by atomic mass is 32.2. The lowest BCUT2D eigenvalue weighted by Crippen LogP contribution is -2.26. The minimum absolute atomic E-state index is 0.0926. The number of sulfonamides is 1. The van der Waals surface area contributed by atoms with Crippen molar-refractivity contribution in [3.05, 3.63) is 48.0 Å². The summed E-state index contributed by atoms with van der Waals surface area (Å²) in [7, 11) is -1.77. The predicted octanol–water partition coefficient (Wildman–Crippen LogP) is 1.14. The van der Waals surface area contributed by atoms with Gasteiger partial charge in [-0.05, 0) is 19.1 Å². The highest BCUT2D eigenvalue weighted by Crippen LogP contribution is 2.12. The van der Waals surface area contributed by atoms with Gasteiger partial charge in [-0.25, -0.2) is 18.1 Å². The molecule has 0 fully saturated rings. The molecule has 0 bridgehead atoms. The molecule has 0 radical (unpaired) electrons. The van der Waals surface area contributed by atoms with E-state index in [9.17, 15) is 13.2 Å². The molecule has 1 aromatic heterocycles. The first-order valence-corrected chi connectivity index (χ1v) is 7.95. The van der Waals surface area contributed by atoms with E-state index in [0.29, 0.717) is 12.0 Å². The molecule has 1 aromatic carbocycles. The Hall–Kier alpha value is -1.99. The van der Waals surface area contributed by atoms with Crippen LogP contribution >= 0.6 is 0 Å². The van der Waals surface area contributed by atoms with Crippen molar-refractivity contribution in [1.82, 2.24) is 14.3 Å². The summed E-state index contributed by atoms with van der Waals surface area (Å²) in [6.45, 7) is 1.65. The molecule has 2 aromatic rings. The standard InChI is InChI=1S/C14H17N3O3S/c1-11(18)12-4-3-5-13(10-12)21(19,20)16-7-6-14-15-8-9-17(14)2/h3-5,8-10,16H,6-7H2,1-2H3. The monoisotopic (exact) mass is 307 g/mol. The molecule has 6 nitrogen and oxygen atoms in total. The Morgan fingerprint density at radius 1 is 1.38 bits per heavy atom. The van der Waals surface area contributed by atoms with Gasteiger partial charge < -0.3 is 4.57 Å². The van der Waals surface area contributed by atoms with Gasteiger partial charge in [-0.1, -0.05) is 12.1 Å². The van der Waals surface area contributed by atoms with Crippen molar-refractivity contribution in [2.24, 2.45) is 7.05 Å². The Kier molecular flexibility index (Phi) is 4.54. The fourth-order valence-electron chi connectivity index (χ4n) is 1.90. The Morgan fingerprint density at radius 3 is 2.76 bits per heavy atom. The van der Waals surface area contributed by atoms with E-state index in [1.54, 1.807) is 24.5 Å². The maximum Gasteiger partial charge on any atom is 0.240 e. The van der Waals surface area contributed by atoms with Crippen molar-refractivity contribution in [3.8, 4) is 0 Å². The third-order valence-corrected chi connectivity index (χ3v) is 4.57. The second-order valence-electron chi connectivity index (χ2n) is 4.69. The summed E-state index contributed by atoms with van der Waals surface area (Å²) in [5.41, 5.74) is 0.377. The lowest BCUT2D eigenvalue weighted by Gasteiger charge is -2.07. The van der Waals surface area contributed by atoms with Crippen LogP contribution < -0.4 is 4.72 Å². The van der Waals surface area contributed by atoms with Crippen molar-refractivity contribution in [2.75, 3.05) is 6.54 Å². The molecule has 21 heavy (non-hydrogen) atoms. The zero-order valence-corrected chi connectivity index (χ0v) is 12.7. The van der Waals surface area contributed by atoms with Crippen LogP contribution in [0, 0.1) is 0 Å². The molecule has 1 heterocycles. The lowest BCUT2D eigenvalue weighted by atomic mass is 10.2. The average Bonchev–Trinajstić information content (AvgIpc) is 2.84. The number of hydrogen-bond donors (Lipinski definition) is 1. The molecule has 0 amide bonds. The molecule has 1 N–H and O–H groups in total. The Labute approximate surface area is 123 Å².